The SMILES string of the molecule is Nc1c(C(=O)NC2CCS(=O)CC2)sc2ccc(F)cc12. The van der Waals surface area contributed by atoms with Crippen molar-refractivity contribution in [2.45, 2.75) is 18.9 Å². The highest BCUT2D eigenvalue weighted by Crippen LogP contribution is 2.34. The molecule has 7 heteroatoms. The lowest BCUT2D eigenvalue weighted by molar-refractivity contribution is 0.0939. The van der Waals surface area contributed by atoms with E-state index in [0.29, 0.717) is 27.5 Å². The lowest BCUT2D eigenvalue weighted by Gasteiger charge is -2.22. The molecule has 4 nitrogen and oxygen atoms in total. The van der Waals surface area contributed by atoms with Gasteiger partial charge in [-0.15, -0.1) is 11.3 Å². The van der Waals surface area contributed by atoms with E-state index in [4.69, 9.17) is 5.73 Å². The van der Waals surface area contributed by atoms with E-state index in [0.717, 1.165) is 17.5 Å². The van der Waals surface area contributed by atoms with Crippen molar-refractivity contribution in [3.63, 3.8) is 0 Å². The van der Waals surface area contributed by atoms with Gasteiger partial charge in [0, 0.05) is 38.4 Å². The summed E-state index contributed by atoms with van der Waals surface area (Å²) in [6, 6.07) is 4.38. The molecule has 0 atom stereocenters. The first-order chi connectivity index (χ1) is 10.0. The largest absolute Gasteiger partial charge is 0.397 e. The minimum Gasteiger partial charge on any atom is -0.397 e. The number of anilines is 1. The van der Waals surface area contributed by atoms with Crippen molar-refractivity contribution in [1.29, 1.82) is 0 Å². The number of benzene rings is 1. The van der Waals surface area contributed by atoms with Crippen molar-refractivity contribution in [3.8, 4) is 0 Å². The standard InChI is InChI=1S/C14H15FN2O2S2/c15-8-1-2-11-10(7-8)12(16)13(20-11)14(18)17-9-3-5-21(19)6-4-9/h1-2,7,9H,3-6,16H2,(H,17,18). The number of nitrogens with one attached hydrogen (secondary N) is 1. The van der Waals surface area contributed by atoms with Crippen molar-refractivity contribution in [2.75, 3.05) is 17.2 Å². The lowest BCUT2D eigenvalue weighted by Crippen LogP contribution is -2.39. The van der Waals surface area contributed by atoms with Crippen molar-refractivity contribution in [2.24, 2.45) is 0 Å². The number of carbonyl (C=O) groups is 1. The van der Waals surface area contributed by atoms with Crippen LogP contribution in [0.15, 0.2) is 18.2 Å². The molecule has 1 aliphatic heterocycles. The van der Waals surface area contributed by atoms with Gasteiger partial charge in [0.05, 0.1) is 5.69 Å². The summed E-state index contributed by atoms with van der Waals surface area (Å²) in [4.78, 5) is 12.7. The van der Waals surface area contributed by atoms with Crippen LogP contribution in [0.2, 0.25) is 0 Å². The van der Waals surface area contributed by atoms with Crippen molar-refractivity contribution >= 4 is 43.8 Å². The molecule has 3 N–H and O–H groups in total. The summed E-state index contributed by atoms with van der Waals surface area (Å²) < 4.78 is 25.4. The number of fused-ring (bicyclic) bond motifs is 1. The molecule has 0 bridgehead atoms. The summed E-state index contributed by atoms with van der Waals surface area (Å²) in [5.41, 5.74) is 6.30. The van der Waals surface area contributed by atoms with Gasteiger partial charge in [-0.2, -0.15) is 0 Å². The molecular weight excluding hydrogens is 311 g/mol. The molecule has 1 aromatic carbocycles. The maximum absolute atomic E-state index is 13.3. The van der Waals surface area contributed by atoms with Crippen LogP contribution in [0, 0.1) is 5.82 Å². The van der Waals surface area contributed by atoms with E-state index < -0.39 is 10.8 Å². The highest BCUT2D eigenvalue weighted by molar-refractivity contribution is 7.85. The summed E-state index contributed by atoms with van der Waals surface area (Å²) >= 11 is 1.27. The summed E-state index contributed by atoms with van der Waals surface area (Å²) in [6.45, 7) is 0. The minimum absolute atomic E-state index is 0.0385. The molecule has 2 heterocycles. The van der Waals surface area contributed by atoms with Gasteiger partial charge in [-0.3, -0.25) is 9.00 Å². The highest BCUT2D eigenvalue weighted by atomic mass is 32.2. The first kappa shape index (κ1) is 14.5. The average molecular weight is 326 g/mol. The zero-order chi connectivity index (χ0) is 15.0. The molecule has 0 spiro atoms. The Kier molecular flexibility index (Phi) is 3.95. The molecule has 0 aliphatic carbocycles. The first-order valence-electron chi connectivity index (χ1n) is 6.68. The smallest absolute Gasteiger partial charge is 0.263 e. The molecule has 3 rings (SSSR count). The topological polar surface area (TPSA) is 72.2 Å². The Morgan fingerprint density at radius 1 is 1.38 bits per heavy atom. The van der Waals surface area contributed by atoms with Gasteiger partial charge in [-0.1, -0.05) is 0 Å². The second-order valence-electron chi connectivity index (χ2n) is 5.08. The maximum atomic E-state index is 13.3. The number of nitrogens with two attached hydrogens (primary N) is 1. The summed E-state index contributed by atoms with van der Waals surface area (Å²) in [5, 5.41) is 3.51. The van der Waals surface area contributed by atoms with Crippen LogP contribution in [0.5, 0.6) is 0 Å². The fourth-order valence-electron chi connectivity index (χ4n) is 2.45. The van der Waals surface area contributed by atoms with E-state index >= 15 is 0 Å². The molecule has 0 radical (unpaired) electrons. The normalized spacial score (nSPS) is 22.3. The van der Waals surface area contributed by atoms with E-state index in [1.165, 1.54) is 23.5 Å². The fraction of sp³-hybridized carbons (Fsp3) is 0.357. The van der Waals surface area contributed by atoms with Crippen molar-refractivity contribution in [1.82, 2.24) is 5.32 Å². The van der Waals surface area contributed by atoms with Gasteiger partial charge in [-0.25, -0.2) is 4.39 Å². The van der Waals surface area contributed by atoms with Crippen LogP contribution >= 0.6 is 11.3 Å². The van der Waals surface area contributed by atoms with Crippen LogP contribution in [0.1, 0.15) is 22.5 Å². The molecule has 0 unspecified atom stereocenters. The van der Waals surface area contributed by atoms with Gasteiger partial charge in [0.2, 0.25) is 0 Å². The number of amides is 1. The van der Waals surface area contributed by atoms with Crippen LogP contribution in [0.3, 0.4) is 0 Å². The van der Waals surface area contributed by atoms with Gasteiger partial charge in [0.15, 0.2) is 0 Å². The number of carbonyl (C=O) groups excluding carboxylic acids is 1. The van der Waals surface area contributed by atoms with Gasteiger partial charge in [0.25, 0.3) is 5.91 Å². The Labute approximate surface area is 128 Å². The number of halogens is 1. The molecule has 1 fully saturated rings. The Bertz CT molecular complexity index is 719. The third-order valence-corrected chi connectivity index (χ3v) is 6.19. The third kappa shape index (κ3) is 2.94. The number of hydrogen-bond donors (Lipinski definition) is 2. The van der Waals surface area contributed by atoms with Gasteiger partial charge in [-0.05, 0) is 31.0 Å². The molecule has 21 heavy (non-hydrogen) atoms. The van der Waals surface area contributed by atoms with Gasteiger partial charge < -0.3 is 11.1 Å². The van der Waals surface area contributed by atoms with Gasteiger partial charge >= 0.3 is 0 Å². The van der Waals surface area contributed by atoms with Crippen LogP contribution in [-0.2, 0) is 10.8 Å². The fourth-order valence-corrected chi connectivity index (χ4v) is 4.75. The van der Waals surface area contributed by atoms with Crippen LogP contribution in [0.4, 0.5) is 10.1 Å². The third-order valence-electron chi connectivity index (χ3n) is 3.62. The summed E-state index contributed by atoms with van der Waals surface area (Å²) in [5.74, 6) is 0.649. The quantitative estimate of drug-likeness (QED) is 0.889. The lowest BCUT2D eigenvalue weighted by atomic mass is 10.1. The average Bonchev–Trinajstić information content (AvgIpc) is 2.79. The van der Waals surface area contributed by atoms with E-state index in [1.807, 2.05) is 0 Å². The zero-order valence-corrected chi connectivity index (χ0v) is 12.9. The first-order valence-corrected chi connectivity index (χ1v) is 8.98. The van der Waals surface area contributed by atoms with E-state index in [1.54, 1.807) is 6.07 Å². The summed E-state index contributed by atoms with van der Waals surface area (Å²) in [7, 11) is -0.755. The molecular formula is C14H15FN2O2S2. The Hall–Kier alpha value is -1.47. The monoisotopic (exact) mass is 326 g/mol. The van der Waals surface area contributed by atoms with E-state index in [-0.39, 0.29) is 17.8 Å². The molecule has 1 aromatic heterocycles. The molecule has 112 valence electrons. The number of rotatable bonds is 2. The Balaban J connectivity index is 1.81. The minimum atomic E-state index is -0.755. The van der Waals surface area contributed by atoms with Crippen molar-refractivity contribution < 1.29 is 13.4 Å². The van der Waals surface area contributed by atoms with E-state index in [9.17, 15) is 13.4 Å². The highest BCUT2D eigenvalue weighted by Gasteiger charge is 2.23. The molecule has 2 aromatic rings. The second-order valence-corrected chi connectivity index (χ2v) is 7.83. The number of nitrogen functional groups attached to an aromatic ring is 1. The number of hydrogen-bond acceptors (Lipinski definition) is 4. The predicted molar refractivity (Wildman–Crippen MR) is 84.6 cm³/mol. The Morgan fingerprint density at radius 2 is 2.10 bits per heavy atom. The van der Waals surface area contributed by atoms with Crippen LogP contribution in [0.25, 0.3) is 10.1 Å². The zero-order valence-electron chi connectivity index (χ0n) is 11.2. The number of thiophene rings is 1. The second kappa shape index (κ2) is 5.73. The van der Waals surface area contributed by atoms with Crippen LogP contribution < -0.4 is 11.1 Å². The van der Waals surface area contributed by atoms with Crippen molar-refractivity contribution in [3.05, 3.63) is 28.9 Å². The van der Waals surface area contributed by atoms with Crippen LogP contribution in [-0.4, -0.2) is 27.7 Å². The Morgan fingerprint density at radius 3 is 2.81 bits per heavy atom. The van der Waals surface area contributed by atoms with E-state index in [2.05, 4.69) is 5.32 Å². The molecule has 1 aliphatic rings. The molecule has 1 amide bonds. The predicted octanol–water partition coefficient (Wildman–Crippen LogP) is 2.26. The maximum Gasteiger partial charge on any atom is 0.263 e. The molecule has 1 saturated heterocycles. The molecule has 0 saturated carbocycles. The summed E-state index contributed by atoms with van der Waals surface area (Å²) in [6.07, 6.45) is 1.44. The van der Waals surface area contributed by atoms with Gasteiger partial charge in [0.1, 0.15) is 10.7 Å².